The van der Waals surface area contributed by atoms with Gasteiger partial charge in [-0.05, 0) is 85.4 Å². The molecule has 9 aromatic carbocycles. The van der Waals surface area contributed by atoms with Crippen molar-refractivity contribution in [3.8, 4) is 33.4 Å². The lowest BCUT2D eigenvalue weighted by molar-refractivity contribution is 0.673. The van der Waals surface area contributed by atoms with Crippen LogP contribution in [0.15, 0.2) is 215 Å². The van der Waals surface area contributed by atoms with Gasteiger partial charge in [-0.25, -0.2) is 9.98 Å². The topological polar surface area (TPSA) is 49.9 Å². The first-order valence-corrected chi connectivity index (χ1v) is 19.3. The molecular weight excluding hydrogens is 695 g/mol. The predicted octanol–water partition coefficient (Wildman–Crippen LogP) is 13.4. The maximum atomic E-state index is 6.74. The molecule has 4 heteroatoms. The maximum Gasteiger partial charge on any atom is 0.159 e. The summed E-state index contributed by atoms with van der Waals surface area (Å²) in [5.74, 6) is 1.50. The molecule has 1 aliphatic rings. The van der Waals surface area contributed by atoms with Gasteiger partial charge in [-0.1, -0.05) is 170 Å². The molecule has 1 unspecified atom stereocenters. The minimum absolute atomic E-state index is 0.259. The van der Waals surface area contributed by atoms with E-state index in [2.05, 4.69) is 169 Å². The lowest BCUT2D eigenvalue weighted by atomic mass is 9.92. The van der Waals surface area contributed by atoms with Gasteiger partial charge in [-0.15, -0.1) is 0 Å². The van der Waals surface area contributed by atoms with E-state index in [-0.39, 0.29) is 6.17 Å². The average molecular weight is 730 g/mol. The minimum atomic E-state index is -0.259. The molecule has 0 bridgehead atoms. The summed E-state index contributed by atoms with van der Waals surface area (Å²) in [6.45, 7) is 0. The maximum absolute atomic E-state index is 6.74. The second-order valence-electron chi connectivity index (χ2n) is 14.6. The van der Waals surface area contributed by atoms with Crippen LogP contribution in [-0.4, -0.2) is 11.7 Å². The molecule has 0 amide bonds. The summed E-state index contributed by atoms with van der Waals surface area (Å²) in [5, 5.41) is 10.5. The van der Waals surface area contributed by atoms with Gasteiger partial charge in [-0.2, -0.15) is 0 Å². The van der Waals surface area contributed by atoms with E-state index < -0.39 is 0 Å². The molecule has 1 N–H and O–H groups in total. The molecule has 1 aliphatic heterocycles. The average Bonchev–Trinajstić information content (AvgIpc) is 3.68. The van der Waals surface area contributed by atoms with Crippen LogP contribution in [0.5, 0.6) is 0 Å². The van der Waals surface area contributed by atoms with Crippen LogP contribution in [0.3, 0.4) is 0 Å². The first kappa shape index (κ1) is 32.8. The van der Waals surface area contributed by atoms with Crippen molar-refractivity contribution < 1.29 is 4.42 Å². The second kappa shape index (κ2) is 13.6. The van der Waals surface area contributed by atoms with Gasteiger partial charge in [0.25, 0.3) is 0 Å². The zero-order valence-electron chi connectivity index (χ0n) is 30.9. The highest BCUT2D eigenvalue weighted by Crippen LogP contribution is 2.44. The first-order chi connectivity index (χ1) is 28.2. The van der Waals surface area contributed by atoms with E-state index in [0.29, 0.717) is 5.84 Å². The summed E-state index contributed by atoms with van der Waals surface area (Å²) in [4.78, 5) is 10.2. The van der Waals surface area contributed by atoms with Gasteiger partial charge in [-0.3, -0.25) is 0 Å². The molecule has 1 aromatic heterocycles. The fourth-order valence-corrected chi connectivity index (χ4v) is 8.32. The monoisotopic (exact) mass is 729 g/mol. The summed E-state index contributed by atoms with van der Waals surface area (Å²) in [6.07, 6.45) is -0.259. The van der Waals surface area contributed by atoms with Crippen LogP contribution < -0.4 is 5.32 Å². The number of hydrogen-bond donors (Lipinski definition) is 1. The molecule has 2 heterocycles. The highest BCUT2D eigenvalue weighted by Gasteiger charge is 2.22. The number of amidine groups is 2. The summed E-state index contributed by atoms with van der Waals surface area (Å²) in [6, 6.07) is 70.6. The highest BCUT2D eigenvalue weighted by atomic mass is 16.3. The van der Waals surface area contributed by atoms with Crippen LogP contribution >= 0.6 is 0 Å². The molecule has 0 aliphatic carbocycles. The Morgan fingerprint density at radius 3 is 1.88 bits per heavy atom. The SMILES string of the molecule is c1ccc(C2=NC(c3cccc(-c4cccc(-c5cccc6oc7c8ccccc8c(-c8ccc9ccccc9c8)cc7c56)c4)c3)=NC(c3ccccc3)N2)cc1. The fraction of sp³-hybridized carbons (Fsp3) is 0.0189. The van der Waals surface area contributed by atoms with Gasteiger partial charge in [0, 0.05) is 27.3 Å². The van der Waals surface area contributed by atoms with Crippen molar-refractivity contribution in [2.45, 2.75) is 6.17 Å². The lowest BCUT2D eigenvalue weighted by Gasteiger charge is -2.23. The van der Waals surface area contributed by atoms with Crippen LogP contribution in [0.2, 0.25) is 0 Å². The van der Waals surface area contributed by atoms with Crippen molar-refractivity contribution in [3.05, 3.63) is 217 Å². The van der Waals surface area contributed by atoms with E-state index >= 15 is 0 Å². The van der Waals surface area contributed by atoms with Crippen LogP contribution in [0.25, 0.3) is 76.9 Å². The molecule has 0 saturated carbocycles. The van der Waals surface area contributed by atoms with Crippen molar-refractivity contribution in [1.82, 2.24) is 5.32 Å². The van der Waals surface area contributed by atoms with Crippen molar-refractivity contribution in [3.63, 3.8) is 0 Å². The highest BCUT2D eigenvalue weighted by molar-refractivity contribution is 6.22. The normalized spacial score (nSPS) is 14.1. The largest absolute Gasteiger partial charge is 0.455 e. The lowest BCUT2D eigenvalue weighted by Crippen LogP contribution is -2.33. The Hall–Kier alpha value is -7.56. The number of hydrogen-bond acceptors (Lipinski definition) is 4. The molecule has 57 heavy (non-hydrogen) atoms. The van der Waals surface area contributed by atoms with Crippen molar-refractivity contribution in [2.75, 3.05) is 0 Å². The van der Waals surface area contributed by atoms with Crippen LogP contribution in [0.1, 0.15) is 22.9 Å². The number of nitrogens with one attached hydrogen (secondary N) is 1. The molecule has 0 spiro atoms. The summed E-state index contributed by atoms with van der Waals surface area (Å²) < 4.78 is 6.74. The molecule has 0 radical (unpaired) electrons. The Labute approximate surface area is 330 Å². The number of benzene rings is 9. The molecule has 268 valence electrons. The Balaban J connectivity index is 1.03. The molecule has 10 aromatic rings. The number of rotatable bonds is 6. The quantitative estimate of drug-likeness (QED) is 0.185. The summed E-state index contributed by atoms with van der Waals surface area (Å²) in [5.41, 5.74) is 11.7. The Morgan fingerprint density at radius 1 is 0.421 bits per heavy atom. The van der Waals surface area contributed by atoms with Crippen LogP contribution in [-0.2, 0) is 0 Å². The molecule has 1 atom stereocenters. The van der Waals surface area contributed by atoms with Crippen LogP contribution in [0.4, 0.5) is 0 Å². The smallest absolute Gasteiger partial charge is 0.159 e. The van der Waals surface area contributed by atoms with Gasteiger partial charge in [0.05, 0.1) is 0 Å². The van der Waals surface area contributed by atoms with Gasteiger partial charge in [0.1, 0.15) is 23.2 Å². The van der Waals surface area contributed by atoms with Gasteiger partial charge in [0.15, 0.2) is 5.84 Å². The molecule has 0 fully saturated rings. The van der Waals surface area contributed by atoms with Crippen LogP contribution in [0, 0.1) is 0 Å². The standard InChI is InChI=1S/C53H35N3O/c1-3-15-35(16-4-1)51-54-52(36-17-5-2-6-18-36)56-53(55-51)42-23-12-21-39(32-42)38-20-11-22-40(31-38)43-26-13-27-48-49(43)47-33-46(44-24-9-10-25-45(44)50(47)57-48)41-29-28-34-14-7-8-19-37(34)30-41/h1-33,51H,(H,54,55,56). The molecule has 11 rings (SSSR count). The van der Waals surface area contributed by atoms with E-state index in [0.717, 1.165) is 72.1 Å². The fourth-order valence-electron chi connectivity index (χ4n) is 8.32. The van der Waals surface area contributed by atoms with E-state index in [1.54, 1.807) is 0 Å². The second-order valence-corrected chi connectivity index (χ2v) is 14.6. The van der Waals surface area contributed by atoms with Gasteiger partial charge in [0.2, 0.25) is 0 Å². The van der Waals surface area contributed by atoms with Crippen molar-refractivity contribution >= 4 is 55.2 Å². The van der Waals surface area contributed by atoms with Gasteiger partial charge >= 0.3 is 0 Å². The minimum Gasteiger partial charge on any atom is -0.455 e. The zero-order valence-corrected chi connectivity index (χ0v) is 30.9. The van der Waals surface area contributed by atoms with E-state index in [1.165, 1.54) is 27.3 Å². The molecule has 0 saturated heterocycles. The Kier molecular flexibility index (Phi) is 7.85. The van der Waals surface area contributed by atoms with Crippen molar-refractivity contribution in [2.24, 2.45) is 9.98 Å². The van der Waals surface area contributed by atoms with Gasteiger partial charge < -0.3 is 9.73 Å². The first-order valence-electron chi connectivity index (χ1n) is 19.3. The zero-order chi connectivity index (χ0) is 37.7. The number of furan rings is 1. The van der Waals surface area contributed by atoms with Crippen molar-refractivity contribution in [1.29, 1.82) is 0 Å². The third-order valence-electron chi connectivity index (χ3n) is 11.1. The number of fused-ring (bicyclic) bond motifs is 6. The van der Waals surface area contributed by atoms with E-state index in [4.69, 9.17) is 14.4 Å². The third-order valence-corrected chi connectivity index (χ3v) is 11.1. The number of aliphatic imine (C=N–C) groups is 2. The summed E-state index contributed by atoms with van der Waals surface area (Å²) >= 11 is 0. The summed E-state index contributed by atoms with van der Waals surface area (Å²) in [7, 11) is 0. The number of nitrogens with zero attached hydrogens (tertiary/aromatic N) is 2. The molecular formula is C53H35N3O. The molecule has 4 nitrogen and oxygen atoms in total. The third kappa shape index (κ3) is 5.87. The van der Waals surface area contributed by atoms with E-state index in [9.17, 15) is 0 Å². The van der Waals surface area contributed by atoms with E-state index in [1.807, 2.05) is 36.4 Å². The Bertz CT molecular complexity index is 3210. The Morgan fingerprint density at radius 2 is 1.05 bits per heavy atom. The predicted molar refractivity (Wildman–Crippen MR) is 237 cm³/mol.